The largest absolute Gasteiger partial charge is 0.363 e. The number of imidazole rings is 1. The molecule has 4 heteroatoms. The van der Waals surface area contributed by atoms with Gasteiger partial charge in [-0.05, 0) is 54.3 Å². The van der Waals surface area contributed by atoms with Crippen LogP contribution >= 0.6 is 0 Å². The van der Waals surface area contributed by atoms with Crippen molar-refractivity contribution in [2.45, 2.75) is 18.9 Å². The summed E-state index contributed by atoms with van der Waals surface area (Å²) >= 11 is 0. The molecule has 2 aromatic heterocycles. The van der Waals surface area contributed by atoms with Gasteiger partial charge in [-0.25, -0.2) is 9.97 Å². The summed E-state index contributed by atoms with van der Waals surface area (Å²) in [6, 6.07) is 19.5. The molecule has 0 aliphatic heterocycles. The van der Waals surface area contributed by atoms with Crippen LogP contribution in [0, 0.1) is 0 Å². The van der Waals surface area contributed by atoms with Crippen molar-refractivity contribution in [1.29, 1.82) is 0 Å². The molecule has 122 valence electrons. The lowest BCUT2D eigenvalue weighted by Gasteiger charge is -2.15. The fraction of sp³-hybridized carbons (Fsp3) is 0.143. The Morgan fingerprint density at radius 2 is 2.00 bits per heavy atom. The molecule has 0 saturated carbocycles. The minimum absolute atomic E-state index is 0.353. The molecule has 0 spiro atoms. The fourth-order valence-corrected chi connectivity index (χ4v) is 3.65. The summed E-state index contributed by atoms with van der Waals surface area (Å²) in [5.41, 5.74) is 4.95. The normalized spacial score (nSPS) is 16.1. The summed E-state index contributed by atoms with van der Waals surface area (Å²) < 4.78 is 2.00. The molecule has 4 nitrogen and oxygen atoms in total. The number of hydrogen-bond donors (Lipinski definition) is 1. The number of nitrogens with one attached hydrogen (secondary N) is 1. The van der Waals surface area contributed by atoms with Crippen LogP contribution in [-0.2, 0) is 6.42 Å². The Labute approximate surface area is 146 Å². The van der Waals surface area contributed by atoms with Crippen molar-refractivity contribution in [2.75, 3.05) is 5.32 Å². The molecular weight excluding hydrogens is 308 g/mol. The Morgan fingerprint density at radius 3 is 2.92 bits per heavy atom. The third-order valence-electron chi connectivity index (χ3n) is 4.93. The molecule has 0 radical (unpaired) electrons. The maximum absolute atomic E-state index is 4.80. The van der Waals surface area contributed by atoms with Gasteiger partial charge in [0.25, 0.3) is 0 Å². The van der Waals surface area contributed by atoms with E-state index in [2.05, 4.69) is 64.9 Å². The number of aryl methyl sites for hydroxylation is 1. The minimum Gasteiger partial charge on any atom is -0.363 e. The lowest BCUT2D eigenvalue weighted by molar-refractivity contribution is 0.758. The lowest BCUT2D eigenvalue weighted by Crippen LogP contribution is -2.08. The maximum Gasteiger partial charge on any atom is 0.127 e. The molecule has 4 aromatic rings. The third-order valence-corrected chi connectivity index (χ3v) is 4.93. The van der Waals surface area contributed by atoms with E-state index in [-0.39, 0.29) is 0 Å². The second-order valence-electron chi connectivity index (χ2n) is 6.48. The summed E-state index contributed by atoms with van der Waals surface area (Å²) in [4.78, 5) is 8.90. The Morgan fingerprint density at radius 1 is 1.04 bits per heavy atom. The zero-order chi connectivity index (χ0) is 16.6. The summed E-state index contributed by atoms with van der Waals surface area (Å²) in [6.45, 7) is 0. The number of hydrogen-bond acceptors (Lipinski definition) is 3. The molecular formula is C21H18N4. The van der Waals surface area contributed by atoms with Crippen molar-refractivity contribution in [3.63, 3.8) is 0 Å². The molecule has 0 amide bonds. The number of fused-ring (bicyclic) bond motifs is 2. The molecule has 0 bridgehead atoms. The van der Waals surface area contributed by atoms with Gasteiger partial charge >= 0.3 is 0 Å². The molecule has 1 unspecified atom stereocenters. The van der Waals surface area contributed by atoms with Gasteiger partial charge in [0.2, 0.25) is 0 Å². The smallest absolute Gasteiger partial charge is 0.127 e. The van der Waals surface area contributed by atoms with Gasteiger partial charge in [0, 0.05) is 23.5 Å². The molecule has 5 rings (SSSR count). The van der Waals surface area contributed by atoms with Crippen molar-refractivity contribution in [1.82, 2.24) is 14.5 Å². The Bertz CT molecular complexity index is 1040. The lowest BCUT2D eigenvalue weighted by atomic mass is 10.1. The first-order valence-electron chi connectivity index (χ1n) is 8.60. The van der Waals surface area contributed by atoms with E-state index in [4.69, 9.17) is 4.98 Å². The summed E-state index contributed by atoms with van der Waals surface area (Å²) in [5.74, 6) is 0.935. The van der Waals surface area contributed by atoms with E-state index in [1.165, 1.54) is 11.1 Å². The van der Waals surface area contributed by atoms with Gasteiger partial charge < -0.3 is 9.88 Å². The van der Waals surface area contributed by atoms with Gasteiger partial charge in [0.15, 0.2) is 0 Å². The molecule has 2 heterocycles. The van der Waals surface area contributed by atoms with Gasteiger partial charge in [-0.15, -0.1) is 0 Å². The van der Waals surface area contributed by atoms with Crippen LogP contribution in [0.15, 0.2) is 73.3 Å². The summed E-state index contributed by atoms with van der Waals surface area (Å²) in [5, 5.41) is 4.73. The molecule has 1 N–H and O–H groups in total. The van der Waals surface area contributed by atoms with Crippen LogP contribution < -0.4 is 5.32 Å². The van der Waals surface area contributed by atoms with Crippen LogP contribution in [0.4, 0.5) is 5.82 Å². The molecule has 1 atom stereocenters. The monoisotopic (exact) mass is 326 g/mol. The number of rotatable bonds is 3. The third kappa shape index (κ3) is 2.56. The molecule has 25 heavy (non-hydrogen) atoms. The Hall–Kier alpha value is -3.14. The van der Waals surface area contributed by atoms with Crippen LogP contribution in [0.1, 0.15) is 23.6 Å². The van der Waals surface area contributed by atoms with Crippen LogP contribution in [0.2, 0.25) is 0 Å². The summed E-state index contributed by atoms with van der Waals surface area (Å²) in [6.07, 6.45) is 7.80. The SMILES string of the molecule is c1ccc2c(c1)CCC2Nc1ccc2cc(-n3ccnc3)ccc2n1. The van der Waals surface area contributed by atoms with E-state index < -0.39 is 0 Å². The fourth-order valence-electron chi connectivity index (χ4n) is 3.65. The average Bonchev–Trinajstić information content (AvgIpc) is 3.32. The van der Waals surface area contributed by atoms with Crippen LogP contribution in [0.3, 0.4) is 0 Å². The molecule has 1 aliphatic rings. The highest BCUT2D eigenvalue weighted by Gasteiger charge is 2.21. The highest BCUT2D eigenvalue weighted by atomic mass is 15.0. The molecule has 2 aromatic carbocycles. The zero-order valence-corrected chi connectivity index (χ0v) is 13.8. The Kier molecular flexibility index (Phi) is 3.27. The topological polar surface area (TPSA) is 42.7 Å². The summed E-state index contributed by atoms with van der Waals surface area (Å²) in [7, 11) is 0. The molecule has 0 fully saturated rings. The number of anilines is 1. The van der Waals surface area contributed by atoms with Crippen LogP contribution in [0.25, 0.3) is 16.6 Å². The maximum atomic E-state index is 4.80. The number of pyridine rings is 1. The second-order valence-corrected chi connectivity index (χ2v) is 6.48. The number of benzene rings is 2. The average molecular weight is 326 g/mol. The van der Waals surface area contributed by atoms with Gasteiger partial charge in [0.05, 0.1) is 17.9 Å². The number of aromatic nitrogens is 3. The number of nitrogens with zero attached hydrogens (tertiary/aromatic N) is 3. The highest BCUT2D eigenvalue weighted by molar-refractivity contribution is 5.82. The van der Waals surface area contributed by atoms with E-state index in [1.54, 1.807) is 6.20 Å². The van der Waals surface area contributed by atoms with Crippen molar-refractivity contribution < 1.29 is 0 Å². The van der Waals surface area contributed by atoms with E-state index in [0.717, 1.165) is 35.2 Å². The quantitative estimate of drug-likeness (QED) is 0.602. The van der Waals surface area contributed by atoms with Gasteiger partial charge in [0.1, 0.15) is 5.82 Å². The zero-order valence-electron chi connectivity index (χ0n) is 13.8. The van der Waals surface area contributed by atoms with Gasteiger partial charge in [-0.1, -0.05) is 24.3 Å². The minimum atomic E-state index is 0.353. The van der Waals surface area contributed by atoms with Crippen molar-refractivity contribution in [3.05, 3.63) is 84.4 Å². The Balaban J connectivity index is 1.44. The van der Waals surface area contributed by atoms with Gasteiger partial charge in [-0.3, -0.25) is 0 Å². The van der Waals surface area contributed by atoms with E-state index in [9.17, 15) is 0 Å². The van der Waals surface area contributed by atoms with Crippen molar-refractivity contribution in [2.24, 2.45) is 0 Å². The predicted molar refractivity (Wildman–Crippen MR) is 100.0 cm³/mol. The van der Waals surface area contributed by atoms with E-state index in [1.807, 2.05) is 17.1 Å². The van der Waals surface area contributed by atoms with E-state index >= 15 is 0 Å². The standard InChI is InChI=1S/C21H18N4/c1-2-4-18-15(3-1)5-8-20(18)24-21-10-6-16-13-17(7-9-19(16)23-21)25-12-11-22-14-25/h1-4,6-7,9-14,20H,5,8H2,(H,23,24). The van der Waals surface area contributed by atoms with Crippen molar-refractivity contribution >= 4 is 16.7 Å². The first-order valence-corrected chi connectivity index (χ1v) is 8.60. The molecule has 1 aliphatic carbocycles. The van der Waals surface area contributed by atoms with Gasteiger partial charge in [-0.2, -0.15) is 0 Å². The highest BCUT2D eigenvalue weighted by Crippen LogP contribution is 2.33. The first-order chi connectivity index (χ1) is 12.4. The molecule has 0 saturated heterocycles. The predicted octanol–water partition coefficient (Wildman–Crippen LogP) is 4.52. The second kappa shape index (κ2) is 5.74. The van der Waals surface area contributed by atoms with Crippen molar-refractivity contribution in [3.8, 4) is 5.69 Å². The van der Waals surface area contributed by atoms with E-state index in [0.29, 0.717) is 6.04 Å². The van der Waals surface area contributed by atoms with Crippen LogP contribution in [-0.4, -0.2) is 14.5 Å². The van der Waals surface area contributed by atoms with Crippen LogP contribution in [0.5, 0.6) is 0 Å². The first kappa shape index (κ1) is 14.2.